The molecule has 0 saturated heterocycles. The van der Waals surface area contributed by atoms with Crippen LogP contribution < -0.4 is 11.5 Å². The van der Waals surface area contributed by atoms with Crippen LogP contribution in [-0.4, -0.2) is 12.0 Å². The van der Waals surface area contributed by atoms with Crippen LogP contribution in [0.15, 0.2) is 0 Å². The zero-order valence-electron chi connectivity index (χ0n) is 4.23. The molecule has 0 aliphatic carbocycles. The lowest BCUT2D eigenvalue weighted by Crippen LogP contribution is -2.13. The monoisotopic (exact) mass is 122 g/mol. The van der Waals surface area contributed by atoms with Crippen LogP contribution in [0, 0.1) is 0 Å². The predicted molar refractivity (Wildman–Crippen MR) is 32.1 cm³/mol. The molecule has 0 aromatic heterocycles. The third-order valence-electron chi connectivity index (χ3n) is 0.684. The molecule has 0 aromatic carbocycles. The van der Waals surface area contributed by atoms with Crippen molar-refractivity contribution >= 4 is 11.6 Å². The summed E-state index contributed by atoms with van der Waals surface area (Å²) >= 11 is 5.38. The van der Waals surface area contributed by atoms with Gasteiger partial charge >= 0.3 is 0 Å². The molecule has 0 fully saturated rings. The van der Waals surface area contributed by atoms with Crippen molar-refractivity contribution in [2.75, 3.05) is 6.54 Å². The molecule has 0 rings (SSSR count). The molecule has 2 nitrogen and oxygen atoms in total. The first kappa shape index (κ1) is 7.21. The Labute approximate surface area is 48.8 Å². The summed E-state index contributed by atoms with van der Waals surface area (Å²) in [6, 6.07) is 0. The minimum atomic E-state index is -0.205. The summed E-state index contributed by atoms with van der Waals surface area (Å²) in [5.41, 5.74) is 10.1. The van der Waals surface area contributed by atoms with Gasteiger partial charge in [-0.05, 0) is 19.4 Å². The lowest BCUT2D eigenvalue weighted by atomic mass is 10.3. The van der Waals surface area contributed by atoms with E-state index < -0.39 is 0 Å². The van der Waals surface area contributed by atoms with Gasteiger partial charge in [-0.3, -0.25) is 0 Å². The van der Waals surface area contributed by atoms with Crippen LogP contribution in [0.2, 0.25) is 0 Å². The van der Waals surface area contributed by atoms with E-state index in [9.17, 15) is 0 Å². The number of nitrogens with two attached hydrogens (primary N) is 2. The molecule has 0 aliphatic rings. The van der Waals surface area contributed by atoms with Crippen molar-refractivity contribution in [2.45, 2.75) is 18.3 Å². The maximum Gasteiger partial charge on any atom is 0.0800 e. The van der Waals surface area contributed by atoms with Crippen LogP contribution in [0.3, 0.4) is 0 Å². The Morgan fingerprint density at radius 1 is 1.57 bits per heavy atom. The normalized spacial score (nSPS) is 14.1. The summed E-state index contributed by atoms with van der Waals surface area (Å²) in [6.45, 7) is 0.681. The van der Waals surface area contributed by atoms with E-state index in [2.05, 4.69) is 0 Å². The smallest absolute Gasteiger partial charge is 0.0800 e. The molecule has 0 saturated carbocycles. The topological polar surface area (TPSA) is 52.0 Å². The van der Waals surface area contributed by atoms with E-state index in [0.29, 0.717) is 6.54 Å². The highest BCUT2D eigenvalue weighted by Crippen LogP contribution is 1.94. The first-order valence-electron chi connectivity index (χ1n) is 2.37. The van der Waals surface area contributed by atoms with Gasteiger partial charge in [-0.15, -0.1) is 11.6 Å². The molecule has 0 aromatic rings. The Morgan fingerprint density at radius 2 is 2.14 bits per heavy atom. The molecule has 0 bridgehead atoms. The van der Waals surface area contributed by atoms with Crippen LogP contribution in [0.5, 0.6) is 0 Å². The van der Waals surface area contributed by atoms with Gasteiger partial charge in [0, 0.05) is 0 Å². The molecule has 4 N–H and O–H groups in total. The number of rotatable bonds is 3. The summed E-state index contributed by atoms with van der Waals surface area (Å²) in [4.78, 5) is 0. The van der Waals surface area contributed by atoms with E-state index in [-0.39, 0.29) is 5.50 Å². The van der Waals surface area contributed by atoms with E-state index in [1.165, 1.54) is 0 Å². The van der Waals surface area contributed by atoms with Crippen molar-refractivity contribution in [1.29, 1.82) is 0 Å². The van der Waals surface area contributed by atoms with E-state index in [0.717, 1.165) is 12.8 Å². The molecule has 44 valence electrons. The molecular weight excluding hydrogens is 112 g/mol. The Kier molecular flexibility index (Phi) is 4.50. The predicted octanol–water partition coefficient (Wildman–Crippen LogP) is 0.249. The first-order chi connectivity index (χ1) is 3.27. The second-order valence-electron chi connectivity index (χ2n) is 1.45. The largest absolute Gasteiger partial charge is 0.330 e. The van der Waals surface area contributed by atoms with Crippen molar-refractivity contribution in [3.8, 4) is 0 Å². The van der Waals surface area contributed by atoms with Gasteiger partial charge in [0.25, 0.3) is 0 Å². The Hall–Kier alpha value is 0.210. The van der Waals surface area contributed by atoms with Crippen LogP contribution in [0.1, 0.15) is 12.8 Å². The van der Waals surface area contributed by atoms with Crippen molar-refractivity contribution in [1.82, 2.24) is 0 Å². The molecule has 0 heterocycles. The van der Waals surface area contributed by atoms with Gasteiger partial charge in [-0.2, -0.15) is 0 Å². The summed E-state index contributed by atoms with van der Waals surface area (Å²) in [5, 5.41) is 0. The lowest BCUT2D eigenvalue weighted by Gasteiger charge is -1.97. The van der Waals surface area contributed by atoms with E-state index >= 15 is 0 Å². The maximum atomic E-state index is 5.38. The second kappa shape index (κ2) is 4.37. The highest BCUT2D eigenvalue weighted by molar-refractivity contribution is 6.20. The summed E-state index contributed by atoms with van der Waals surface area (Å²) in [6.07, 6.45) is 1.74. The van der Waals surface area contributed by atoms with Gasteiger partial charge < -0.3 is 11.5 Å². The van der Waals surface area contributed by atoms with Crippen molar-refractivity contribution < 1.29 is 0 Å². The van der Waals surface area contributed by atoms with Gasteiger partial charge in [0.2, 0.25) is 0 Å². The number of hydrogen-bond donors (Lipinski definition) is 2. The molecule has 3 heteroatoms. The highest BCUT2D eigenvalue weighted by Gasteiger charge is 1.91. The van der Waals surface area contributed by atoms with Crippen molar-refractivity contribution in [2.24, 2.45) is 11.5 Å². The standard InChI is InChI=1S/C4H11ClN2/c5-4(7)2-1-3-6/h4H,1-3,6-7H2. The Bertz CT molecular complexity index is 38.7. The Morgan fingerprint density at radius 3 is 2.29 bits per heavy atom. The molecule has 0 spiro atoms. The van der Waals surface area contributed by atoms with E-state index in [4.69, 9.17) is 23.1 Å². The fourth-order valence-electron chi connectivity index (χ4n) is 0.313. The van der Waals surface area contributed by atoms with Gasteiger partial charge in [-0.25, -0.2) is 0 Å². The average Bonchev–Trinajstić information content (AvgIpc) is 1.61. The van der Waals surface area contributed by atoms with Crippen LogP contribution in [-0.2, 0) is 0 Å². The number of halogens is 1. The molecule has 0 radical (unpaired) electrons. The summed E-state index contributed by atoms with van der Waals surface area (Å²) in [7, 11) is 0. The maximum absolute atomic E-state index is 5.38. The van der Waals surface area contributed by atoms with Crippen LogP contribution in [0.25, 0.3) is 0 Å². The zero-order chi connectivity index (χ0) is 5.70. The summed E-state index contributed by atoms with van der Waals surface area (Å²) < 4.78 is 0. The van der Waals surface area contributed by atoms with Crippen molar-refractivity contribution in [3.05, 3.63) is 0 Å². The molecule has 1 unspecified atom stereocenters. The Balaban J connectivity index is 2.68. The van der Waals surface area contributed by atoms with E-state index in [1.54, 1.807) is 0 Å². The van der Waals surface area contributed by atoms with Gasteiger partial charge in [0.1, 0.15) is 0 Å². The second-order valence-corrected chi connectivity index (χ2v) is 2.01. The number of hydrogen-bond acceptors (Lipinski definition) is 2. The third kappa shape index (κ3) is 6.21. The average molecular weight is 123 g/mol. The van der Waals surface area contributed by atoms with Gasteiger partial charge in [0.15, 0.2) is 0 Å². The molecular formula is C4H11ClN2. The van der Waals surface area contributed by atoms with Crippen LogP contribution in [0.4, 0.5) is 0 Å². The molecule has 0 aliphatic heterocycles. The minimum absolute atomic E-state index is 0.205. The van der Waals surface area contributed by atoms with E-state index in [1.807, 2.05) is 0 Å². The van der Waals surface area contributed by atoms with Gasteiger partial charge in [0.05, 0.1) is 5.50 Å². The fourth-order valence-corrected chi connectivity index (χ4v) is 0.467. The van der Waals surface area contributed by atoms with Gasteiger partial charge in [-0.1, -0.05) is 0 Å². The SMILES string of the molecule is NCCCC(N)Cl. The van der Waals surface area contributed by atoms with Crippen LogP contribution >= 0.6 is 11.6 Å². The lowest BCUT2D eigenvalue weighted by molar-refractivity contribution is 0.716. The fraction of sp³-hybridized carbons (Fsp3) is 1.00. The summed E-state index contributed by atoms with van der Waals surface area (Å²) in [5.74, 6) is 0. The molecule has 1 atom stereocenters. The highest BCUT2D eigenvalue weighted by atomic mass is 35.5. The third-order valence-corrected chi connectivity index (χ3v) is 0.902. The number of alkyl halides is 1. The quantitative estimate of drug-likeness (QED) is 0.417. The molecule has 7 heavy (non-hydrogen) atoms. The molecule has 0 amide bonds. The minimum Gasteiger partial charge on any atom is -0.330 e. The zero-order valence-corrected chi connectivity index (χ0v) is 4.99. The van der Waals surface area contributed by atoms with Crippen molar-refractivity contribution in [3.63, 3.8) is 0 Å². The first-order valence-corrected chi connectivity index (χ1v) is 2.80.